The highest BCUT2D eigenvalue weighted by Gasteiger charge is 2.35. The van der Waals surface area contributed by atoms with E-state index in [-0.39, 0.29) is 27.1 Å². The lowest BCUT2D eigenvalue weighted by molar-refractivity contribution is -0.144. The summed E-state index contributed by atoms with van der Waals surface area (Å²) in [7, 11) is 0.839. The summed E-state index contributed by atoms with van der Waals surface area (Å²) in [6.07, 6.45) is -4.92. The first kappa shape index (κ1) is 19.1. The van der Waals surface area contributed by atoms with E-state index >= 15 is 0 Å². The maximum atomic E-state index is 14.5. The number of halogens is 4. The minimum absolute atomic E-state index is 0.230. The van der Waals surface area contributed by atoms with Crippen LogP contribution in [0.4, 0.5) is 17.6 Å². The maximum absolute atomic E-state index is 14.5. The second kappa shape index (κ2) is 6.19. The van der Waals surface area contributed by atoms with E-state index in [2.05, 4.69) is 0 Å². The van der Waals surface area contributed by atoms with E-state index in [0.29, 0.717) is 9.27 Å². The Morgan fingerprint density at radius 2 is 1.70 bits per heavy atom. The van der Waals surface area contributed by atoms with E-state index in [0.717, 1.165) is 30.5 Å². The summed E-state index contributed by atoms with van der Waals surface area (Å²) in [6.45, 7) is 3.44. The third-order valence-corrected chi connectivity index (χ3v) is 4.97. The summed E-state index contributed by atoms with van der Waals surface area (Å²) in [5.41, 5.74) is -4.34. The van der Waals surface area contributed by atoms with E-state index in [4.69, 9.17) is 0 Å². The second-order valence-corrected chi connectivity index (χ2v) is 7.14. The first-order valence-electron chi connectivity index (χ1n) is 7.68. The number of hydrogen-bond acceptors (Lipinski definition) is 4. The molecule has 6 nitrogen and oxygen atoms in total. The minimum atomic E-state index is -4.92. The molecule has 0 saturated heterocycles. The molecule has 11 heteroatoms. The summed E-state index contributed by atoms with van der Waals surface area (Å²) in [5, 5.41) is 0. The van der Waals surface area contributed by atoms with Crippen LogP contribution in [-0.4, -0.2) is 13.7 Å². The molecule has 0 aliphatic carbocycles. The average molecular weight is 403 g/mol. The Kier molecular flexibility index (Phi) is 4.37. The second-order valence-electron chi connectivity index (χ2n) is 6.15. The van der Waals surface area contributed by atoms with Gasteiger partial charge in [0.25, 0.3) is 5.56 Å². The molecule has 1 aromatic carbocycles. The van der Waals surface area contributed by atoms with Crippen LogP contribution in [-0.2, 0) is 13.2 Å². The molecule has 0 spiro atoms. The highest BCUT2D eigenvalue weighted by Crippen LogP contribution is 2.28. The Balaban J connectivity index is 2.40. The zero-order valence-corrected chi connectivity index (χ0v) is 15.1. The average Bonchev–Trinajstić information content (AvgIpc) is 2.84. The van der Waals surface area contributed by atoms with Crippen LogP contribution in [0.3, 0.4) is 0 Å². The molecule has 0 atom stereocenters. The molecule has 2 aromatic heterocycles. The van der Waals surface area contributed by atoms with Gasteiger partial charge >= 0.3 is 16.7 Å². The first-order valence-corrected chi connectivity index (χ1v) is 8.50. The summed E-state index contributed by atoms with van der Waals surface area (Å²) in [6, 6.07) is 2.06. The zero-order chi connectivity index (χ0) is 20.3. The van der Waals surface area contributed by atoms with E-state index in [1.54, 1.807) is 13.8 Å². The third kappa shape index (κ3) is 3.01. The van der Waals surface area contributed by atoms with Crippen LogP contribution in [0, 0.1) is 5.82 Å². The van der Waals surface area contributed by atoms with Crippen molar-refractivity contribution in [1.82, 2.24) is 13.7 Å². The van der Waals surface area contributed by atoms with Gasteiger partial charge in [0.1, 0.15) is 11.5 Å². The first-order chi connectivity index (χ1) is 12.4. The number of aromatic nitrogens is 3. The largest absolute Gasteiger partial charge is 0.431 e. The van der Waals surface area contributed by atoms with E-state index in [1.807, 2.05) is 0 Å². The minimum Gasteiger partial charge on any atom is -0.296 e. The maximum Gasteiger partial charge on any atom is 0.431 e. The molecule has 2 heterocycles. The Morgan fingerprint density at radius 1 is 1.07 bits per heavy atom. The number of rotatable bonds is 2. The van der Waals surface area contributed by atoms with Crippen LogP contribution < -0.4 is 16.1 Å². The van der Waals surface area contributed by atoms with E-state index < -0.39 is 34.6 Å². The zero-order valence-electron chi connectivity index (χ0n) is 14.3. The van der Waals surface area contributed by atoms with Crippen molar-refractivity contribution in [3.8, 4) is 5.69 Å². The van der Waals surface area contributed by atoms with Crippen molar-refractivity contribution in [2.45, 2.75) is 26.1 Å². The SMILES string of the molecule is CC(C)n1c(=O)sc2cc(F)c(-n3c(=O)cc(C(F)(F)F)n(C)c3=O)cc21. The van der Waals surface area contributed by atoms with Crippen LogP contribution in [0.1, 0.15) is 25.6 Å². The van der Waals surface area contributed by atoms with Crippen molar-refractivity contribution in [3.63, 3.8) is 0 Å². The molecular formula is C16H13F4N3O3S. The predicted octanol–water partition coefficient (Wildman–Crippen LogP) is 2.65. The summed E-state index contributed by atoms with van der Waals surface area (Å²) in [4.78, 5) is 36.3. The molecule has 0 N–H and O–H groups in total. The van der Waals surface area contributed by atoms with Gasteiger partial charge in [-0.1, -0.05) is 11.3 Å². The van der Waals surface area contributed by atoms with Gasteiger partial charge in [-0.25, -0.2) is 13.8 Å². The molecule has 0 saturated carbocycles. The highest BCUT2D eigenvalue weighted by molar-refractivity contribution is 7.16. The molecule has 0 fully saturated rings. The number of thiazole rings is 1. The molecule has 27 heavy (non-hydrogen) atoms. The Morgan fingerprint density at radius 3 is 2.26 bits per heavy atom. The van der Waals surface area contributed by atoms with Crippen LogP contribution in [0.2, 0.25) is 0 Å². The van der Waals surface area contributed by atoms with Crippen molar-refractivity contribution in [3.05, 3.63) is 60.2 Å². The van der Waals surface area contributed by atoms with Crippen LogP contribution in [0.15, 0.2) is 32.6 Å². The topological polar surface area (TPSA) is 66.0 Å². The molecule has 0 unspecified atom stereocenters. The summed E-state index contributed by atoms with van der Waals surface area (Å²) < 4.78 is 55.6. The molecule has 0 radical (unpaired) electrons. The molecule has 144 valence electrons. The van der Waals surface area contributed by atoms with E-state index in [1.165, 1.54) is 4.57 Å². The third-order valence-electron chi connectivity index (χ3n) is 4.05. The standard InChI is InChI=1S/C16H13F4N3O3S/c1-7(2)22-10-5-9(8(17)4-11(10)27-15(22)26)23-13(24)6-12(16(18,19)20)21(3)14(23)25/h4-7H,1-3H3. The van der Waals surface area contributed by atoms with Gasteiger partial charge in [-0.05, 0) is 26.0 Å². The lowest BCUT2D eigenvalue weighted by atomic mass is 10.2. The molecule has 0 bridgehead atoms. The van der Waals surface area contributed by atoms with Gasteiger partial charge in [0.15, 0.2) is 0 Å². The van der Waals surface area contributed by atoms with Crippen molar-refractivity contribution in [2.24, 2.45) is 7.05 Å². The van der Waals surface area contributed by atoms with Gasteiger partial charge in [0, 0.05) is 19.2 Å². The molecule has 3 rings (SSSR count). The molecule has 0 aliphatic rings. The smallest absolute Gasteiger partial charge is 0.296 e. The summed E-state index contributed by atoms with van der Waals surface area (Å²) in [5.74, 6) is -1.00. The fourth-order valence-electron chi connectivity index (χ4n) is 2.82. The lowest BCUT2D eigenvalue weighted by Crippen LogP contribution is -2.41. The molecular weight excluding hydrogens is 390 g/mol. The quantitative estimate of drug-likeness (QED) is 0.618. The number of alkyl halides is 3. The number of benzene rings is 1. The summed E-state index contributed by atoms with van der Waals surface area (Å²) >= 11 is 0.790. The van der Waals surface area contributed by atoms with Crippen molar-refractivity contribution < 1.29 is 17.6 Å². The van der Waals surface area contributed by atoms with Crippen molar-refractivity contribution in [2.75, 3.05) is 0 Å². The fraction of sp³-hybridized carbons (Fsp3) is 0.312. The number of hydrogen-bond donors (Lipinski definition) is 0. The van der Waals surface area contributed by atoms with Gasteiger partial charge in [0.05, 0.1) is 15.9 Å². The predicted molar refractivity (Wildman–Crippen MR) is 92.3 cm³/mol. The number of nitrogens with zero attached hydrogens (tertiary/aromatic N) is 3. The molecule has 0 aliphatic heterocycles. The van der Waals surface area contributed by atoms with Crippen molar-refractivity contribution in [1.29, 1.82) is 0 Å². The van der Waals surface area contributed by atoms with Crippen LogP contribution in [0.25, 0.3) is 15.9 Å². The van der Waals surface area contributed by atoms with Crippen molar-refractivity contribution >= 4 is 21.6 Å². The fourth-order valence-corrected chi connectivity index (χ4v) is 3.84. The van der Waals surface area contributed by atoms with Crippen LogP contribution in [0.5, 0.6) is 0 Å². The van der Waals surface area contributed by atoms with Gasteiger partial charge in [-0.2, -0.15) is 13.2 Å². The van der Waals surface area contributed by atoms with E-state index in [9.17, 15) is 31.9 Å². The Labute approximate surface area is 152 Å². The Bertz CT molecular complexity index is 1230. The molecule has 0 amide bonds. The monoisotopic (exact) mass is 403 g/mol. The van der Waals surface area contributed by atoms with Gasteiger partial charge in [-0.3, -0.25) is 18.7 Å². The van der Waals surface area contributed by atoms with Gasteiger partial charge < -0.3 is 0 Å². The van der Waals surface area contributed by atoms with Gasteiger partial charge in [-0.15, -0.1) is 0 Å². The lowest BCUT2D eigenvalue weighted by Gasteiger charge is -2.15. The van der Waals surface area contributed by atoms with Crippen LogP contribution >= 0.6 is 11.3 Å². The highest BCUT2D eigenvalue weighted by atomic mass is 32.1. The Hall–Kier alpha value is -2.69. The number of fused-ring (bicyclic) bond motifs is 1. The molecule has 3 aromatic rings. The van der Waals surface area contributed by atoms with Gasteiger partial charge in [0.2, 0.25) is 0 Å². The normalized spacial score (nSPS) is 12.3.